The van der Waals surface area contributed by atoms with Crippen LogP contribution in [0, 0.1) is 17.3 Å². The highest BCUT2D eigenvalue weighted by atomic mass is 19.4. The first-order valence-corrected chi connectivity index (χ1v) is 11.2. The van der Waals surface area contributed by atoms with Gasteiger partial charge in [0, 0.05) is 11.8 Å². The summed E-state index contributed by atoms with van der Waals surface area (Å²) in [5.74, 6) is -0.389. The monoisotopic (exact) mass is 458 g/mol. The molecule has 2 atom stereocenters. The number of aliphatic hydroxyl groups excluding tert-OH is 2. The summed E-state index contributed by atoms with van der Waals surface area (Å²) < 4.78 is 41.3. The number of halogens is 3. The molecule has 0 saturated heterocycles. The quantitative estimate of drug-likeness (QED) is 0.188. The van der Waals surface area contributed by atoms with Crippen molar-refractivity contribution in [2.75, 3.05) is 13.2 Å². The molecular formula is C25H37F3O4. The molecule has 1 rings (SSSR count). The molecule has 2 N–H and O–H groups in total. The molecule has 1 unspecified atom stereocenters. The lowest BCUT2D eigenvalue weighted by Crippen LogP contribution is -2.26. The van der Waals surface area contributed by atoms with Gasteiger partial charge in [-0.25, -0.2) is 0 Å². The summed E-state index contributed by atoms with van der Waals surface area (Å²) in [6.07, 6.45) is 14.3. The number of aliphatic hydroxyl groups is 2. The molecule has 0 amide bonds. The van der Waals surface area contributed by atoms with Crippen molar-refractivity contribution in [1.29, 1.82) is 0 Å². The van der Waals surface area contributed by atoms with Crippen LogP contribution in [0.25, 0.3) is 0 Å². The summed E-state index contributed by atoms with van der Waals surface area (Å²) in [6, 6.07) is 0. The SMILES string of the molecule is CC(C)(C=CCCCCC(F)(F)F)/C=C\C/C=C\C/C=C\C1C[C@@H]1C(=O)OC(CO)CO. The molecule has 0 aromatic rings. The van der Waals surface area contributed by atoms with Crippen LogP contribution in [-0.2, 0) is 9.53 Å². The van der Waals surface area contributed by atoms with Gasteiger partial charge < -0.3 is 14.9 Å². The van der Waals surface area contributed by atoms with Crippen molar-refractivity contribution in [2.24, 2.45) is 17.3 Å². The second-order valence-electron chi connectivity index (χ2n) is 8.79. The Kier molecular flexibility index (Phi) is 12.6. The summed E-state index contributed by atoms with van der Waals surface area (Å²) in [5, 5.41) is 17.9. The van der Waals surface area contributed by atoms with Gasteiger partial charge in [-0.15, -0.1) is 0 Å². The van der Waals surface area contributed by atoms with Crippen molar-refractivity contribution in [3.63, 3.8) is 0 Å². The Hall–Kier alpha value is -1.86. The number of allylic oxidation sites excluding steroid dienone is 8. The molecule has 182 valence electrons. The van der Waals surface area contributed by atoms with Gasteiger partial charge in [-0.1, -0.05) is 62.5 Å². The Labute approximate surface area is 189 Å². The Morgan fingerprint density at radius 2 is 1.62 bits per heavy atom. The predicted octanol–water partition coefficient (Wildman–Crippen LogP) is 5.67. The maximum Gasteiger partial charge on any atom is 0.389 e. The first-order valence-electron chi connectivity index (χ1n) is 11.2. The Morgan fingerprint density at radius 3 is 2.25 bits per heavy atom. The molecule has 0 aliphatic heterocycles. The Morgan fingerprint density at radius 1 is 1.00 bits per heavy atom. The van der Waals surface area contributed by atoms with Crippen LogP contribution in [-0.4, -0.2) is 41.7 Å². The number of esters is 1. The maximum atomic E-state index is 12.1. The van der Waals surface area contributed by atoms with Crippen molar-refractivity contribution in [2.45, 2.75) is 71.1 Å². The average molecular weight is 459 g/mol. The third kappa shape index (κ3) is 13.5. The van der Waals surface area contributed by atoms with E-state index in [4.69, 9.17) is 14.9 Å². The van der Waals surface area contributed by atoms with Crippen LogP contribution in [0.4, 0.5) is 13.2 Å². The lowest BCUT2D eigenvalue weighted by molar-refractivity contribution is -0.155. The van der Waals surface area contributed by atoms with Crippen LogP contribution in [0.2, 0.25) is 0 Å². The third-order valence-electron chi connectivity index (χ3n) is 5.10. The summed E-state index contributed by atoms with van der Waals surface area (Å²) in [4.78, 5) is 11.8. The standard InChI is InChI=1S/C25H37F3O4/c1-24(2,15-11-7-8-12-16-25(26,27)28)14-10-6-4-3-5-9-13-20-17-22(20)23(31)32-21(18-29)19-30/h3-4,9-11,13-15,20-22,29-30H,5-8,12,16-19H2,1-2H3/b4-3-,13-9-,14-10-,15-11?/t20?,22-/m0/s1. The first-order chi connectivity index (χ1) is 15.1. The van der Waals surface area contributed by atoms with Gasteiger partial charge in [-0.3, -0.25) is 4.79 Å². The number of hydrogen-bond acceptors (Lipinski definition) is 4. The fraction of sp³-hybridized carbons (Fsp3) is 0.640. The van der Waals surface area contributed by atoms with Gasteiger partial charge in [0.15, 0.2) is 0 Å². The fourth-order valence-electron chi connectivity index (χ4n) is 3.09. The smallest absolute Gasteiger partial charge is 0.389 e. The number of carbonyl (C=O) groups excluding carboxylic acids is 1. The minimum Gasteiger partial charge on any atom is -0.457 e. The van der Waals surface area contributed by atoms with Gasteiger partial charge in [0.05, 0.1) is 19.1 Å². The number of hydrogen-bond donors (Lipinski definition) is 2. The van der Waals surface area contributed by atoms with Crippen LogP contribution in [0.5, 0.6) is 0 Å². The van der Waals surface area contributed by atoms with Gasteiger partial charge in [-0.05, 0) is 44.4 Å². The minimum atomic E-state index is -4.06. The highest BCUT2D eigenvalue weighted by molar-refractivity contribution is 5.76. The number of rotatable bonds is 15. The van der Waals surface area contributed by atoms with Crippen molar-refractivity contribution in [3.8, 4) is 0 Å². The topological polar surface area (TPSA) is 66.8 Å². The molecule has 4 nitrogen and oxygen atoms in total. The zero-order chi connectivity index (χ0) is 24.0. The van der Waals surface area contributed by atoms with Crippen LogP contribution in [0.3, 0.4) is 0 Å². The van der Waals surface area contributed by atoms with Gasteiger partial charge in [0.1, 0.15) is 6.10 Å². The van der Waals surface area contributed by atoms with E-state index in [1.807, 2.05) is 30.4 Å². The Bertz CT molecular complexity index is 659. The van der Waals surface area contributed by atoms with E-state index in [0.717, 1.165) is 19.3 Å². The molecule has 0 aromatic heterocycles. The molecule has 0 heterocycles. The van der Waals surface area contributed by atoms with Crippen molar-refractivity contribution in [3.05, 3.63) is 48.6 Å². The highest BCUT2D eigenvalue weighted by Gasteiger charge is 2.43. The molecule has 1 saturated carbocycles. The van der Waals surface area contributed by atoms with E-state index >= 15 is 0 Å². The van der Waals surface area contributed by atoms with Crippen LogP contribution in [0.1, 0.15) is 58.8 Å². The van der Waals surface area contributed by atoms with Crippen LogP contribution < -0.4 is 0 Å². The molecular weight excluding hydrogens is 421 g/mol. The van der Waals surface area contributed by atoms with E-state index in [2.05, 4.69) is 32.1 Å². The Balaban J connectivity index is 2.18. The number of ether oxygens (including phenoxy) is 1. The van der Waals surface area contributed by atoms with Crippen molar-refractivity contribution < 1.29 is 32.9 Å². The number of carbonyl (C=O) groups is 1. The van der Waals surface area contributed by atoms with E-state index in [1.54, 1.807) is 0 Å². The summed E-state index contributed by atoms with van der Waals surface area (Å²) >= 11 is 0. The number of unbranched alkanes of at least 4 members (excludes halogenated alkanes) is 2. The van der Waals surface area contributed by atoms with Crippen molar-refractivity contribution in [1.82, 2.24) is 0 Å². The lowest BCUT2D eigenvalue weighted by atomic mass is 9.91. The fourth-order valence-corrected chi connectivity index (χ4v) is 3.09. The summed E-state index contributed by atoms with van der Waals surface area (Å²) in [6.45, 7) is 3.35. The van der Waals surface area contributed by atoms with E-state index in [1.165, 1.54) is 0 Å². The van der Waals surface area contributed by atoms with Crippen molar-refractivity contribution >= 4 is 5.97 Å². The molecule has 0 bridgehead atoms. The second-order valence-corrected chi connectivity index (χ2v) is 8.79. The molecule has 32 heavy (non-hydrogen) atoms. The molecule has 7 heteroatoms. The number of alkyl halides is 3. The van der Waals surface area contributed by atoms with E-state index in [-0.39, 0.29) is 42.9 Å². The zero-order valence-electron chi connectivity index (χ0n) is 19.1. The van der Waals surface area contributed by atoms with E-state index < -0.39 is 18.7 Å². The van der Waals surface area contributed by atoms with Gasteiger partial charge in [0.25, 0.3) is 0 Å². The predicted molar refractivity (Wildman–Crippen MR) is 120 cm³/mol. The minimum absolute atomic E-state index is 0.140. The first kappa shape index (κ1) is 28.2. The molecule has 1 fully saturated rings. The maximum absolute atomic E-state index is 12.1. The van der Waals surface area contributed by atoms with Gasteiger partial charge in [-0.2, -0.15) is 13.2 Å². The third-order valence-corrected chi connectivity index (χ3v) is 5.10. The van der Waals surface area contributed by atoms with E-state index in [9.17, 15) is 18.0 Å². The average Bonchev–Trinajstić information content (AvgIpc) is 3.49. The van der Waals surface area contributed by atoms with E-state index in [0.29, 0.717) is 12.8 Å². The van der Waals surface area contributed by atoms with Crippen LogP contribution >= 0.6 is 0 Å². The second kappa shape index (κ2) is 14.3. The highest BCUT2D eigenvalue weighted by Crippen LogP contribution is 2.40. The summed E-state index contributed by atoms with van der Waals surface area (Å²) in [5.41, 5.74) is -0.140. The summed E-state index contributed by atoms with van der Waals surface area (Å²) in [7, 11) is 0. The van der Waals surface area contributed by atoms with Gasteiger partial charge >= 0.3 is 12.1 Å². The zero-order valence-corrected chi connectivity index (χ0v) is 19.1. The molecule has 0 radical (unpaired) electrons. The molecule has 0 aromatic carbocycles. The van der Waals surface area contributed by atoms with Gasteiger partial charge in [0.2, 0.25) is 0 Å². The van der Waals surface area contributed by atoms with Crippen LogP contribution in [0.15, 0.2) is 48.6 Å². The molecule has 0 spiro atoms. The normalized spacial score (nSPS) is 19.9. The molecule has 1 aliphatic rings. The largest absolute Gasteiger partial charge is 0.457 e. The molecule has 1 aliphatic carbocycles. The lowest BCUT2D eigenvalue weighted by Gasteiger charge is -2.14.